The molecule has 0 radical (unpaired) electrons. The fourth-order valence-electron chi connectivity index (χ4n) is 3.49. The molecule has 1 saturated heterocycles. The Kier molecular flexibility index (Phi) is 5.91. The van der Waals surface area contributed by atoms with Gasteiger partial charge in [-0.3, -0.25) is 14.3 Å². The Morgan fingerprint density at radius 3 is 2.48 bits per heavy atom. The summed E-state index contributed by atoms with van der Waals surface area (Å²) in [6.45, 7) is 1.74. The maximum Gasteiger partial charge on any atom is 0.257 e. The molecule has 1 aliphatic heterocycles. The molecular formula is C20H26N4O3. The zero-order chi connectivity index (χ0) is 19.3. The van der Waals surface area contributed by atoms with E-state index in [-0.39, 0.29) is 17.4 Å². The highest BCUT2D eigenvalue weighted by atomic mass is 16.5. The fraction of sp³-hybridized carbons (Fsp3) is 0.450. The van der Waals surface area contributed by atoms with Crippen molar-refractivity contribution in [3.8, 4) is 0 Å². The highest BCUT2D eigenvalue weighted by molar-refractivity contribution is 5.95. The minimum atomic E-state index is -0.366. The molecule has 0 spiro atoms. The second-order valence-electron chi connectivity index (χ2n) is 7.04. The van der Waals surface area contributed by atoms with Crippen LogP contribution < -0.4 is 5.32 Å². The molecule has 1 aromatic carbocycles. The monoisotopic (exact) mass is 370 g/mol. The summed E-state index contributed by atoms with van der Waals surface area (Å²) in [6, 6.07) is 9.21. The highest BCUT2D eigenvalue weighted by Crippen LogP contribution is 2.27. The molecule has 1 aromatic heterocycles. The van der Waals surface area contributed by atoms with Gasteiger partial charge in [-0.05, 0) is 31.4 Å². The van der Waals surface area contributed by atoms with Crippen LogP contribution in [0.4, 0.5) is 0 Å². The maximum absolute atomic E-state index is 12.7. The SMILES string of the molecule is COCCC1(NC(=O)c2ccccc2)CCN(C(=O)c2cnn(C)c2)CC1. The summed E-state index contributed by atoms with van der Waals surface area (Å²) in [5.74, 6) is -0.100. The molecule has 0 atom stereocenters. The molecule has 7 heteroatoms. The number of aromatic nitrogens is 2. The molecule has 27 heavy (non-hydrogen) atoms. The Morgan fingerprint density at radius 1 is 1.19 bits per heavy atom. The second-order valence-corrected chi connectivity index (χ2v) is 7.04. The number of methoxy groups -OCH3 is 1. The van der Waals surface area contributed by atoms with Crippen LogP contribution in [-0.4, -0.2) is 58.8 Å². The van der Waals surface area contributed by atoms with Crippen molar-refractivity contribution in [2.24, 2.45) is 7.05 Å². The lowest BCUT2D eigenvalue weighted by molar-refractivity contribution is 0.0559. The summed E-state index contributed by atoms with van der Waals surface area (Å²) in [5.41, 5.74) is 0.868. The van der Waals surface area contributed by atoms with Crippen molar-refractivity contribution in [2.75, 3.05) is 26.8 Å². The predicted molar refractivity (Wildman–Crippen MR) is 101 cm³/mol. The van der Waals surface area contributed by atoms with Gasteiger partial charge in [0.2, 0.25) is 0 Å². The lowest BCUT2D eigenvalue weighted by atomic mass is 9.84. The number of nitrogens with zero attached hydrogens (tertiary/aromatic N) is 3. The van der Waals surface area contributed by atoms with Crippen molar-refractivity contribution < 1.29 is 14.3 Å². The van der Waals surface area contributed by atoms with Crippen LogP contribution in [0.1, 0.15) is 40.0 Å². The van der Waals surface area contributed by atoms with Crippen LogP contribution in [0.15, 0.2) is 42.7 Å². The van der Waals surface area contributed by atoms with Crippen molar-refractivity contribution in [3.05, 3.63) is 53.9 Å². The number of benzene rings is 1. The molecule has 0 bridgehead atoms. The van der Waals surface area contributed by atoms with Gasteiger partial charge in [-0.25, -0.2) is 0 Å². The summed E-state index contributed by atoms with van der Waals surface area (Å²) in [4.78, 5) is 27.1. The van der Waals surface area contributed by atoms with Crippen molar-refractivity contribution in [3.63, 3.8) is 0 Å². The normalized spacial score (nSPS) is 16.1. The lowest BCUT2D eigenvalue weighted by Crippen LogP contribution is -2.56. The molecule has 0 unspecified atom stereocenters. The van der Waals surface area contributed by atoms with Gasteiger partial charge in [-0.1, -0.05) is 18.2 Å². The minimum absolute atomic E-state index is 0.0159. The van der Waals surface area contributed by atoms with Gasteiger partial charge in [-0.15, -0.1) is 0 Å². The van der Waals surface area contributed by atoms with E-state index >= 15 is 0 Å². The number of likely N-dealkylation sites (tertiary alicyclic amines) is 1. The number of hydrogen-bond donors (Lipinski definition) is 1. The third-order valence-corrected chi connectivity index (χ3v) is 5.16. The summed E-state index contributed by atoms with van der Waals surface area (Å²) in [6.07, 6.45) is 5.43. The Bertz CT molecular complexity index is 780. The van der Waals surface area contributed by atoms with Gasteiger partial charge >= 0.3 is 0 Å². The first-order valence-corrected chi connectivity index (χ1v) is 9.17. The summed E-state index contributed by atoms with van der Waals surface area (Å²) < 4.78 is 6.89. The average molecular weight is 370 g/mol. The zero-order valence-corrected chi connectivity index (χ0v) is 15.9. The number of nitrogens with one attached hydrogen (secondary N) is 1. The lowest BCUT2D eigenvalue weighted by Gasteiger charge is -2.42. The summed E-state index contributed by atoms with van der Waals surface area (Å²) >= 11 is 0. The van der Waals surface area contributed by atoms with Gasteiger partial charge in [0.1, 0.15) is 0 Å². The molecule has 2 aromatic rings. The molecule has 2 heterocycles. The number of piperidine rings is 1. The first-order valence-electron chi connectivity index (χ1n) is 9.17. The van der Waals surface area contributed by atoms with E-state index < -0.39 is 0 Å². The Labute approximate surface area is 159 Å². The first-order chi connectivity index (χ1) is 13.0. The van der Waals surface area contributed by atoms with Crippen LogP contribution in [0, 0.1) is 0 Å². The number of rotatable bonds is 6. The van der Waals surface area contributed by atoms with E-state index in [1.54, 1.807) is 43.4 Å². The first kappa shape index (κ1) is 19.1. The molecule has 3 rings (SSSR count). The van der Waals surface area contributed by atoms with E-state index in [1.165, 1.54) is 0 Å². The van der Waals surface area contributed by atoms with Crippen molar-refractivity contribution >= 4 is 11.8 Å². The maximum atomic E-state index is 12.7. The second kappa shape index (κ2) is 8.35. The van der Waals surface area contributed by atoms with Gasteiger partial charge in [0.15, 0.2) is 0 Å². The van der Waals surface area contributed by atoms with E-state index in [9.17, 15) is 9.59 Å². The third kappa shape index (κ3) is 4.54. The molecule has 2 amide bonds. The van der Waals surface area contributed by atoms with Crippen LogP contribution >= 0.6 is 0 Å². The molecule has 144 valence electrons. The number of amides is 2. The predicted octanol–water partition coefficient (Wildman–Crippen LogP) is 1.86. The van der Waals surface area contributed by atoms with Crippen molar-refractivity contribution in [1.82, 2.24) is 20.0 Å². The van der Waals surface area contributed by atoms with Crippen LogP contribution in [0.5, 0.6) is 0 Å². The van der Waals surface area contributed by atoms with Gasteiger partial charge in [0.05, 0.1) is 11.8 Å². The smallest absolute Gasteiger partial charge is 0.257 e. The Morgan fingerprint density at radius 2 is 1.89 bits per heavy atom. The Balaban J connectivity index is 1.67. The number of carbonyl (C=O) groups is 2. The van der Waals surface area contributed by atoms with Crippen LogP contribution in [-0.2, 0) is 11.8 Å². The fourth-order valence-corrected chi connectivity index (χ4v) is 3.49. The van der Waals surface area contributed by atoms with Crippen LogP contribution in [0.25, 0.3) is 0 Å². The Hall–Kier alpha value is -2.67. The van der Waals surface area contributed by atoms with E-state index in [0.29, 0.717) is 43.7 Å². The van der Waals surface area contributed by atoms with Gasteiger partial charge in [0, 0.05) is 51.2 Å². The molecular weight excluding hydrogens is 344 g/mol. The molecule has 7 nitrogen and oxygen atoms in total. The van der Waals surface area contributed by atoms with Gasteiger partial charge in [0.25, 0.3) is 11.8 Å². The number of ether oxygens (including phenoxy) is 1. The molecule has 1 N–H and O–H groups in total. The molecule has 0 saturated carbocycles. The topological polar surface area (TPSA) is 76.5 Å². The number of hydrogen-bond acceptors (Lipinski definition) is 4. The average Bonchev–Trinajstić information content (AvgIpc) is 3.13. The highest BCUT2D eigenvalue weighted by Gasteiger charge is 2.37. The van der Waals surface area contributed by atoms with Gasteiger partial charge < -0.3 is 15.0 Å². The van der Waals surface area contributed by atoms with Crippen molar-refractivity contribution in [1.29, 1.82) is 0 Å². The minimum Gasteiger partial charge on any atom is -0.385 e. The van der Waals surface area contributed by atoms with E-state index in [0.717, 1.165) is 6.42 Å². The van der Waals surface area contributed by atoms with Crippen LogP contribution in [0.2, 0.25) is 0 Å². The van der Waals surface area contributed by atoms with Crippen LogP contribution in [0.3, 0.4) is 0 Å². The van der Waals surface area contributed by atoms with E-state index in [4.69, 9.17) is 4.74 Å². The molecule has 0 aliphatic carbocycles. The quantitative estimate of drug-likeness (QED) is 0.842. The number of carbonyl (C=O) groups excluding carboxylic acids is 2. The van der Waals surface area contributed by atoms with Gasteiger partial charge in [-0.2, -0.15) is 5.10 Å². The summed E-state index contributed by atoms with van der Waals surface area (Å²) in [5, 5.41) is 7.28. The van der Waals surface area contributed by atoms with Crippen molar-refractivity contribution in [2.45, 2.75) is 24.8 Å². The molecule has 1 fully saturated rings. The standard InChI is InChI=1S/C20H26N4O3/c1-23-15-17(14-21-23)19(26)24-11-8-20(9-12-24,10-13-27-2)22-18(25)16-6-4-3-5-7-16/h3-7,14-15H,8-13H2,1-2H3,(H,22,25). The zero-order valence-electron chi connectivity index (χ0n) is 15.9. The molecule has 1 aliphatic rings. The largest absolute Gasteiger partial charge is 0.385 e. The van der Waals surface area contributed by atoms with E-state index in [2.05, 4.69) is 10.4 Å². The third-order valence-electron chi connectivity index (χ3n) is 5.16. The number of aryl methyl sites for hydroxylation is 1. The summed E-state index contributed by atoms with van der Waals surface area (Å²) in [7, 11) is 3.45. The van der Waals surface area contributed by atoms with E-state index in [1.807, 2.05) is 23.1 Å².